The molecule has 0 bridgehead atoms. The van der Waals surface area contributed by atoms with E-state index in [0.29, 0.717) is 12.5 Å². The molecule has 0 aromatic rings. The van der Waals surface area contributed by atoms with Crippen LogP contribution in [-0.4, -0.2) is 49.7 Å². The van der Waals surface area contributed by atoms with E-state index in [1.54, 1.807) is 0 Å². The van der Waals surface area contributed by atoms with Gasteiger partial charge in [-0.25, -0.2) is 0 Å². The Hall–Kier alpha value is -0.610. The van der Waals surface area contributed by atoms with Crippen LogP contribution in [-0.2, 0) is 9.53 Å². The van der Waals surface area contributed by atoms with Crippen molar-refractivity contribution in [3.63, 3.8) is 0 Å². The number of esters is 1. The molecule has 2 rings (SSSR count). The third-order valence-electron chi connectivity index (χ3n) is 3.89. The maximum atomic E-state index is 12.1. The van der Waals surface area contributed by atoms with Gasteiger partial charge in [0.05, 0.1) is 6.61 Å². The summed E-state index contributed by atoms with van der Waals surface area (Å²) in [5.74, 6) is 0.534. The zero-order valence-electron chi connectivity index (χ0n) is 10.8. The van der Waals surface area contributed by atoms with Crippen molar-refractivity contribution >= 4 is 5.97 Å². The second kappa shape index (κ2) is 6.36. The third kappa shape index (κ3) is 3.19. The van der Waals surface area contributed by atoms with Gasteiger partial charge in [-0.2, -0.15) is 0 Å². The van der Waals surface area contributed by atoms with Gasteiger partial charge in [0.2, 0.25) is 0 Å². The van der Waals surface area contributed by atoms with Gasteiger partial charge < -0.3 is 10.1 Å². The van der Waals surface area contributed by atoms with Crippen molar-refractivity contribution in [1.82, 2.24) is 10.2 Å². The molecule has 1 atom stereocenters. The van der Waals surface area contributed by atoms with E-state index in [4.69, 9.17) is 4.74 Å². The highest BCUT2D eigenvalue weighted by atomic mass is 16.5. The van der Waals surface area contributed by atoms with Gasteiger partial charge >= 0.3 is 5.97 Å². The van der Waals surface area contributed by atoms with Gasteiger partial charge in [0, 0.05) is 19.6 Å². The van der Waals surface area contributed by atoms with Gasteiger partial charge in [-0.3, -0.25) is 9.69 Å². The molecule has 2 fully saturated rings. The number of rotatable bonds is 4. The van der Waals surface area contributed by atoms with Crippen LogP contribution in [0.15, 0.2) is 0 Å². The van der Waals surface area contributed by atoms with Crippen LogP contribution in [0.4, 0.5) is 0 Å². The highest BCUT2D eigenvalue weighted by molar-refractivity contribution is 5.76. The molecule has 4 heteroatoms. The van der Waals surface area contributed by atoms with E-state index in [1.807, 2.05) is 6.92 Å². The lowest BCUT2D eigenvalue weighted by Gasteiger charge is -2.38. The second-order valence-electron chi connectivity index (χ2n) is 5.03. The van der Waals surface area contributed by atoms with Crippen LogP contribution in [0.1, 0.15) is 32.6 Å². The molecule has 1 saturated heterocycles. The number of hydrogen-bond acceptors (Lipinski definition) is 4. The fraction of sp³-hybridized carbons (Fsp3) is 0.923. The molecule has 0 aromatic carbocycles. The summed E-state index contributed by atoms with van der Waals surface area (Å²) >= 11 is 0. The lowest BCUT2D eigenvalue weighted by Crippen LogP contribution is -2.50. The number of nitrogens with one attached hydrogen (secondary N) is 1. The summed E-state index contributed by atoms with van der Waals surface area (Å²) in [4.78, 5) is 14.4. The standard InChI is InChI=1S/C13H24N2O2/c1-2-17-13(16)12(11-5-3-6-11)15-9-4-7-14-8-10-15/h11-12,14H,2-10H2,1H3. The van der Waals surface area contributed by atoms with Crippen LogP contribution in [0, 0.1) is 5.92 Å². The van der Waals surface area contributed by atoms with Crippen molar-refractivity contribution in [2.24, 2.45) is 5.92 Å². The first-order valence-electron chi connectivity index (χ1n) is 6.94. The fourth-order valence-corrected chi connectivity index (χ4v) is 2.77. The van der Waals surface area contributed by atoms with E-state index in [1.165, 1.54) is 19.3 Å². The second-order valence-corrected chi connectivity index (χ2v) is 5.03. The Balaban J connectivity index is 1.99. The highest BCUT2D eigenvalue weighted by Gasteiger charge is 2.37. The lowest BCUT2D eigenvalue weighted by atomic mass is 9.79. The Bertz CT molecular complexity index is 246. The molecule has 98 valence electrons. The van der Waals surface area contributed by atoms with E-state index in [2.05, 4.69) is 10.2 Å². The first kappa shape index (κ1) is 12.8. The maximum absolute atomic E-state index is 12.1. The highest BCUT2D eigenvalue weighted by Crippen LogP contribution is 2.33. The summed E-state index contributed by atoms with van der Waals surface area (Å²) in [6.45, 7) is 6.43. The van der Waals surface area contributed by atoms with Crippen LogP contribution in [0.3, 0.4) is 0 Å². The zero-order chi connectivity index (χ0) is 12.1. The molecule has 1 saturated carbocycles. The average molecular weight is 240 g/mol. The third-order valence-corrected chi connectivity index (χ3v) is 3.89. The summed E-state index contributed by atoms with van der Waals surface area (Å²) in [5.41, 5.74) is 0. The van der Waals surface area contributed by atoms with Crippen LogP contribution in [0.2, 0.25) is 0 Å². The number of hydrogen-bond donors (Lipinski definition) is 1. The van der Waals surface area contributed by atoms with Crippen molar-refractivity contribution in [3.8, 4) is 0 Å². The van der Waals surface area contributed by atoms with Crippen molar-refractivity contribution in [2.75, 3.05) is 32.8 Å². The fourth-order valence-electron chi connectivity index (χ4n) is 2.77. The quantitative estimate of drug-likeness (QED) is 0.745. The van der Waals surface area contributed by atoms with E-state index in [9.17, 15) is 4.79 Å². The molecular formula is C13H24N2O2. The molecule has 0 amide bonds. The zero-order valence-corrected chi connectivity index (χ0v) is 10.8. The topological polar surface area (TPSA) is 41.6 Å². The van der Waals surface area contributed by atoms with E-state index in [0.717, 1.165) is 32.6 Å². The van der Waals surface area contributed by atoms with E-state index >= 15 is 0 Å². The summed E-state index contributed by atoms with van der Waals surface area (Å²) in [6.07, 6.45) is 4.77. The minimum atomic E-state index is -0.000833. The van der Waals surface area contributed by atoms with Crippen LogP contribution in [0.25, 0.3) is 0 Å². The predicted octanol–water partition coefficient (Wildman–Crippen LogP) is 1.01. The molecule has 1 unspecified atom stereocenters. The Labute approximate surface area is 104 Å². The SMILES string of the molecule is CCOC(=O)C(C1CCC1)N1CCCNCC1. The summed E-state index contributed by atoms with van der Waals surface area (Å²) < 4.78 is 5.25. The first-order valence-corrected chi connectivity index (χ1v) is 6.94. The molecule has 0 aromatic heterocycles. The summed E-state index contributed by atoms with van der Waals surface area (Å²) in [7, 11) is 0. The van der Waals surface area contributed by atoms with Crippen molar-refractivity contribution < 1.29 is 9.53 Å². The van der Waals surface area contributed by atoms with Gasteiger partial charge in [0.15, 0.2) is 0 Å². The Morgan fingerprint density at radius 3 is 2.82 bits per heavy atom. The Morgan fingerprint density at radius 1 is 1.35 bits per heavy atom. The maximum Gasteiger partial charge on any atom is 0.323 e. The van der Waals surface area contributed by atoms with Gasteiger partial charge in [0.25, 0.3) is 0 Å². The number of ether oxygens (including phenoxy) is 1. The molecule has 17 heavy (non-hydrogen) atoms. The lowest BCUT2D eigenvalue weighted by molar-refractivity contribution is -0.153. The molecular weight excluding hydrogens is 216 g/mol. The molecule has 0 radical (unpaired) electrons. The summed E-state index contributed by atoms with van der Waals surface area (Å²) in [6, 6.07) is 0.0172. The number of carbonyl (C=O) groups excluding carboxylic acids is 1. The van der Waals surface area contributed by atoms with Gasteiger partial charge in [0.1, 0.15) is 6.04 Å². The van der Waals surface area contributed by atoms with E-state index in [-0.39, 0.29) is 12.0 Å². The van der Waals surface area contributed by atoms with Gasteiger partial charge in [-0.05, 0) is 38.6 Å². The Kier molecular flexibility index (Phi) is 4.80. The smallest absolute Gasteiger partial charge is 0.323 e. The molecule has 1 N–H and O–H groups in total. The summed E-state index contributed by atoms with van der Waals surface area (Å²) in [5, 5.41) is 3.38. The average Bonchev–Trinajstić information content (AvgIpc) is 2.51. The molecule has 1 aliphatic heterocycles. The molecule has 0 spiro atoms. The van der Waals surface area contributed by atoms with E-state index < -0.39 is 0 Å². The minimum Gasteiger partial charge on any atom is -0.465 e. The molecule has 4 nitrogen and oxygen atoms in total. The number of carbonyl (C=O) groups is 1. The van der Waals surface area contributed by atoms with Crippen LogP contribution < -0.4 is 5.32 Å². The normalized spacial score (nSPS) is 24.8. The molecule has 1 aliphatic carbocycles. The largest absolute Gasteiger partial charge is 0.465 e. The van der Waals surface area contributed by atoms with Crippen LogP contribution >= 0.6 is 0 Å². The molecule has 2 aliphatic rings. The monoisotopic (exact) mass is 240 g/mol. The number of nitrogens with zero attached hydrogens (tertiary/aromatic N) is 1. The van der Waals surface area contributed by atoms with Crippen LogP contribution in [0.5, 0.6) is 0 Å². The van der Waals surface area contributed by atoms with Crippen molar-refractivity contribution in [1.29, 1.82) is 0 Å². The van der Waals surface area contributed by atoms with Crippen molar-refractivity contribution in [2.45, 2.75) is 38.6 Å². The first-order chi connectivity index (χ1) is 8.33. The Morgan fingerprint density at radius 2 is 2.18 bits per heavy atom. The molecule has 1 heterocycles. The predicted molar refractivity (Wildman–Crippen MR) is 66.8 cm³/mol. The van der Waals surface area contributed by atoms with Crippen molar-refractivity contribution in [3.05, 3.63) is 0 Å². The van der Waals surface area contributed by atoms with Gasteiger partial charge in [-0.15, -0.1) is 0 Å². The minimum absolute atomic E-state index is 0.000833. The van der Waals surface area contributed by atoms with Gasteiger partial charge in [-0.1, -0.05) is 6.42 Å².